The van der Waals surface area contributed by atoms with Crippen LogP contribution in [0.25, 0.3) is 0 Å². The Hall–Kier alpha value is -1.65. The third-order valence-corrected chi connectivity index (χ3v) is 5.19. The van der Waals surface area contributed by atoms with Crippen LogP contribution in [0.1, 0.15) is 30.9 Å². The number of aryl methyl sites for hydroxylation is 1. The topological polar surface area (TPSA) is 38.3 Å². The number of ether oxygens (including phenoxy) is 1. The van der Waals surface area contributed by atoms with Crippen molar-refractivity contribution in [2.24, 2.45) is 0 Å². The summed E-state index contributed by atoms with van der Waals surface area (Å²) in [5.74, 6) is 0.0385. The van der Waals surface area contributed by atoms with Gasteiger partial charge in [-0.3, -0.25) is 4.79 Å². The first kappa shape index (κ1) is 18.7. The monoisotopic (exact) mass is 389 g/mol. The fourth-order valence-corrected chi connectivity index (χ4v) is 3.27. The normalized spacial score (nSPS) is 13.3. The third kappa shape index (κ3) is 4.68. The summed E-state index contributed by atoms with van der Waals surface area (Å²) in [4.78, 5) is 12.3. The van der Waals surface area contributed by atoms with Gasteiger partial charge >= 0.3 is 0 Å². The zero-order valence-electron chi connectivity index (χ0n) is 14.2. The summed E-state index contributed by atoms with van der Waals surface area (Å²) in [6.45, 7) is 2.54. The number of carbonyl (C=O) groups is 1. The highest BCUT2D eigenvalue weighted by Gasteiger charge is 2.30. The summed E-state index contributed by atoms with van der Waals surface area (Å²) in [6.07, 6.45) is 1.96. The smallest absolute Gasteiger partial charge is 0.220 e. The van der Waals surface area contributed by atoms with Crippen molar-refractivity contribution in [3.8, 4) is 0 Å². The van der Waals surface area contributed by atoms with Crippen LogP contribution in [0.5, 0.6) is 0 Å². The molecule has 2 rings (SSSR count). The maximum absolute atomic E-state index is 12.3. The summed E-state index contributed by atoms with van der Waals surface area (Å²) in [6, 6.07) is 18.0. The van der Waals surface area contributed by atoms with Gasteiger partial charge in [0.05, 0.1) is 6.54 Å². The number of carbonyl (C=O) groups excluding carboxylic acids is 1. The molecule has 1 amide bonds. The quantitative estimate of drug-likeness (QED) is 0.723. The Labute approximate surface area is 152 Å². The lowest BCUT2D eigenvalue weighted by molar-refractivity contribution is -0.123. The first-order valence-corrected chi connectivity index (χ1v) is 9.01. The Morgan fingerprint density at radius 2 is 1.79 bits per heavy atom. The third-order valence-electron chi connectivity index (χ3n) is 4.41. The van der Waals surface area contributed by atoms with E-state index in [0.29, 0.717) is 19.4 Å². The Kier molecular flexibility index (Phi) is 7.00. The number of benzene rings is 2. The molecular formula is C20H24BrNO2. The molecule has 128 valence electrons. The molecule has 0 aliphatic rings. The van der Waals surface area contributed by atoms with Crippen LogP contribution < -0.4 is 5.32 Å². The Morgan fingerprint density at radius 1 is 1.12 bits per heavy atom. The van der Waals surface area contributed by atoms with E-state index in [9.17, 15) is 4.79 Å². The van der Waals surface area contributed by atoms with Gasteiger partial charge in [0.1, 0.15) is 5.60 Å². The van der Waals surface area contributed by atoms with Crippen molar-refractivity contribution < 1.29 is 9.53 Å². The van der Waals surface area contributed by atoms with Crippen molar-refractivity contribution in [1.82, 2.24) is 5.32 Å². The van der Waals surface area contributed by atoms with Crippen molar-refractivity contribution in [3.63, 3.8) is 0 Å². The van der Waals surface area contributed by atoms with Crippen LogP contribution >= 0.6 is 15.9 Å². The van der Waals surface area contributed by atoms with Gasteiger partial charge in [-0.2, -0.15) is 0 Å². The Morgan fingerprint density at radius 3 is 2.42 bits per heavy atom. The van der Waals surface area contributed by atoms with Gasteiger partial charge in [0, 0.05) is 18.0 Å². The molecule has 0 saturated heterocycles. The number of amides is 1. The SMILES string of the molecule is CCC(CNC(=O)CCc1ccccc1Br)(OC)c1ccccc1. The van der Waals surface area contributed by atoms with Crippen LogP contribution in [-0.4, -0.2) is 19.6 Å². The van der Waals surface area contributed by atoms with Gasteiger partial charge < -0.3 is 10.1 Å². The van der Waals surface area contributed by atoms with E-state index in [4.69, 9.17) is 4.74 Å². The minimum absolute atomic E-state index is 0.0385. The van der Waals surface area contributed by atoms with Crippen LogP contribution in [0.4, 0.5) is 0 Å². The van der Waals surface area contributed by atoms with Gasteiger partial charge in [-0.25, -0.2) is 0 Å². The Bertz CT molecular complexity index is 654. The van der Waals surface area contributed by atoms with Crippen LogP contribution in [-0.2, 0) is 21.6 Å². The summed E-state index contributed by atoms with van der Waals surface area (Å²) in [5, 5.41) is 3.03. The summed E-state index contributed by atoms with van der Waals surface area (Å²) < 4.78 is 6.83. The second-order valence-electron chi connectivity index (χ2n) is 5.79. The molecule has 2 aromatic carbocycles. The molecule has 0 saturated carbocycles. The molecule has 0 fully saturated rings. The van der Waals surface area contributed by atoms with E-state index < -0.39 is 5.60 Å². The van der Waals surface area contributed by atoms with Crippen molar-refractivity contribution in [1.29, 1.82) is 0 Å². The lowest BCUT2D eigenvalue weighted by Crippen LogP contribution is -2.42. The first-order valence-electron chi connectivity index (χ1n) is 8.22. The molecule has 4 heteroatoms. The first-order chi connectivity index (χ1) is 11.6. The van der Waals surface area contributed by atoms with Gasteiger partial charge in [-0.05, 0) is 30.0 Å². The van der Waals surface area contributed by atoms with Crippen molar-refractivity contribution in [2.75, 3.05) is 13.7 Å². The summed E-state index contributed by atoms with van der Waals surface area (Å²) >= 11 is 3.52. The largest absolute Gasteiger partial charge is 0.372 e. The average molecular weight is 390 g/mol. The molecular weight excluding hydrogens is 366 g/mol. The average Bonchev–Trinajstić information content (AvgIpc) is 2.63. The second kappa shape index (κ2) is 9.00. The molecule has 0 aliphatic heterocycles. The molecule has 3 nitrogen and oxygen atoms in total. The van der Waals surface area contributed by atoms with Crippen molar-refractivity contribution in [2.45, 2.75) is 31.8 Å². The zero-order chi connectivity index (χ0) is 17.4. The Balaban J connectivity index is 1.95. The van der Waals surface area contributed by atoms with E-state index in [1.54, 1.807) is 7.11 Å². The molecule has 0 heterocycles. The van der Waals surface area contributed by atoms with E-state index in [0.717, 1.165) is 22.0 Å². The van der Waals surface area contributed by atoms with E-state index >= 15 is 0 Å². The minimum atomic E-state index is -0.482. The lowest BCUT2D eigenvalue weighted by Gasteiger charge is -2.32. The maximum atomic E-state index is 12.3. The van der Waals surface area contributed by atoms with Gasteiger partial charge in [0.25, 0.3) is 0 Å². The fourth-order valence-electron chi connectivity index (χ4n) is 2.79. The lowest BCUT2D eigenvalue weighted by atomic mass is 9.90. The number of halogens is 1. The van der Waals surface area contributed by atoms with E-state index in [2.05, 4.69) is 28.2 Å². The van der Waals surface area contributed by atoms with Crippen molar-refractivity contribution >= 4 is 21.8 Å². The zero-order valence-corrected chi connectivity index (χ0v) is 15.8. The second-order valence-corrected chi connectivity index (χ2v) is 6.64. The van der Waals surface area contributed by atoms with Gasteiger partial charge in [-0.15, -0.1) is 0 Å². The molecule has 0 spiro atoms. The number of rotatable bonds is 8. The molecule has 2 aromatic rings. The van der Waals surface area contributed by atoms with E-state index in [-0.39, 0.29) is 5.91 Å². The van der Waals surface area contributed by atoms with Crippen LogP contribution in [0.2, 0.25) is 0 Å². The molecule has 24 heavy (non-hydrogen) atoms. The van der Waals surface area contributed by atoms with Gasteiger partial charge in [-0.1, -0.05) is 71.4 Å². The number of hydrogen-bond donors (Lipinski definition) is 1. The maximum Gasteiger partial charge on any atom is 0.220 e. The minimum Gasteiger partial charge on any atom is -0.372 e. The molecule has 0 aliphatic carbocycles. The van der Waals surface area contributed by atoms with E-state index in [1.165, 1.54) is 0 Å². The van der Waals surface area contributed by atoms with E-state index in [1.807, 2.05) is 54.6 Å². The van der Waals surface area contributed by atoms with Crippen molar-refractivity contribution in [3.05, 3.63) is 70.2 Å². The number of methoxy groups -OCH3 is 1. The highest BCUT2D eigenvalue weighted by atomic mass is 79.9. The number of nitrogens with one attached hydrogen (secondary N) is 1. The predicted molar refractivity (Wildman–Crippen MR) is 101 cm³/mol. The molecule has 0 bridgehead atoms. The van der Waals surface area contributed by atoms with Crippen LogP contribution in [0.3, 0.4) is 0 Å². The standard InChI is InChI=1S/C20H24BrNO2/c1-3-20(24-2,17-10-5-4-6-11-17)15-22-19(23)14-13-16-9-7-8-12-18(16)21/h4-12H,3,13-15H2,1-2H3,(H,22,23). The van der Waals surface area contributed by atoms with Gasteiger partial charge in [0.2, 0.25) is 5.91 Å². The summed E-state index contributed by atoms with van der Waals surface area (Å²) in [5.41, 5.74) is 1.75. The van der Waals surface area contributed by atoms with Gasteiger partial charge in [0.15, 0.2) is 0 Å². The molecule has 0 aromatic heterocycles. The molecule has 1 unspecified atom stereocenters. The predicted octanol–water partition coefficient (Wildman–Crippen LogP) is 4.45. The highest BCUT2D eigenvalue weighted by Crippen LogP contribution is 2.28. The molecule has 1 atom stereocenters. The molecule has 1 N–H and O–H groups in total. The number of hydrogen-bond acceptors (Lipinski definition) is 2. The fraction of sp³-hybridized carbons (Fsp3) is 0.350. The molecule has 0 radical (unpaired) electrons. The summed E-state index contributed by atoms with van der Waals surface area (Å²) in [7, 11) is 1.70. The highest BCUT2D eigenvalue weighted by molar-refractivity contribution is 9.10. The van der Waals surface area contributed by atoms with Crippen LogP contribution in [0.15, 0.2) is 59.1 Å². The van der Waals surface area contributed by atoms with Crippen LogP contribution in [0, 0.1) is 0 Å².